The molecule has 0 spiro atoms. The highest BCUT2D eigenvalue weighted by atomic mass is 35.5. The van der Waals surface area contributed by atoms with E-state index in [1.54, 1.807) is 12.1 Å². The Kier molecular flexibility index (Phi) is 3.20. The van der Waals surface area contributed by atoms with E-state index in [0.717, 1.165) is 0 Å². The lowest BCUT2D eigenvalue weighted by molar-refractivity contribution is -0.116. The van der Waals surface area contributed by atoms with Crippen LogP contribution in [0, 0.1) is 5.92 Å². The number of nitrogens with one attached hydrogen (secondary N) is 1. The first kappa shape index (κ1) is 14.6. The van der Waals surface area contributed by atoms with Crippen LogP contribution >= 0.6 is 11.6 Å². The molecule has 0 unspecified atom stereocenters. The molecule has 0 bridgehead atoms. The smallest absolute Gasteiger partial charge is 0.247 e. The lowest BCUT2D eigenvalue weighted by atomic mass is 10.2. The predicted octanol–water partition coefficient (Wildman–Crippen LogP) is 1.32. The lowest BCUT2D eigenvalue weighted by Gasteiger charge is -2.17. The van der Waals surface area contributed by atoms with E-state index in [-0.39, 0.29) is 5.92 Å². The first-order valence-electron chi connectivity index (χ1n) is 6.44. The monoisotopic (exact) mass is 330 g/mol. The summed E-state index contributed by atoms with van der Waals surface area (Å²) in [4.78, 5) is 12.4. The number of methoxy groups -OCH3 is 1. The molecule has 0 aromatic heterocycles. The van der Waals surface area contributed by atoms with Gasteiger partial charge in [-0.3, -0.25) is 4.79 Å². The van der Waals surface area contributed by atoms with Gasteiger partial charge < -0.3 is 10.1 Å². The topological polar surface area (TPSA) is 75.7 Å². The van der Waals surface area contributed by atoms with Gasteiger partial charge in [-0.1, -0.05) is 11.6 Å². The van der Waals surface area contributed by atoms with Crippen LogP contribution in [-0.4, -0.2) is 44.1 Å². The van der Waals surface area contributed by atoms with E-state index in [2.05, 4.69) is 5.32 Å². The summed E-state index contributed by atoms with van der Waals surface area (Å²) >= 11 is 5.99. The highest BCUT2D eigenvalue weighted by molar-refractivity contribution is 7.92. The number of benzene rings is 1. The molecule has 1 heterocycles. The quantitative estimate of drug-likeness (QED) is 0.907. The highest BCUT2D eigenvalue weighted by Crippen LogP contribution is 2.57. The van der Waals surface area contributed by atoms with Crippen molar-refractivity contribution in [2.24, 2.45) is 5.92 Å². The number of carbonyl (C=O) groups excluding carboxylic acids is 1. The molecule has 2 fully saturated rings. The number of hydrogen-bond acceptors (Lipinski definition) is 4. The SMILES string of the molecule is COc1ccc(NC(=O)[C@@]23C[C@H]2CN(C)S3(=O)=O)cc1Cl. The van der Waals surface area contributed by atoms with Crippen LogP contribution in [0.3, 0.4) is 0 Å². The molecule has 1 amide bonds. The number of rotatable bonds is 3. The maximum atomic E-state index is 12.4. The summed E-state index contributed by atoms with van der Waals surface area (Å²) < 4.78 is 29.5. The van der Waals surface area contributed by atoms with Gasteiger partial charge in [0.2, 0.25) is 15.9 Å². The number of sulfonamides is 1. The van der Waals surface area contributed by atoms with Crippen LogP contribution in [0.25, 0.3) is 0 Å². The number of amides is 1. The second-order valence-electron chi connectivity index (χ2n) is 5.38. The maximum Gasteiger partial charge on any atom is 0.247 e. The number of carbonyl (C=O) groups is 1. The molecule has 1 aromatic carbocycles. The number of fused-ring (bicyclic) bond motifs is 1. The van der Waals surface area contributed by atoms with Crippen LogP contribution in [0.4, 0.5) is 5.69 Å². The third kappa shape index (κ3) is 1.95. The first-order valence-corrected chi connectivity index (χ1v) is 8.25. The van der Waals surface area contributed by atoms with E-state index in [4.69, 9.17) is 16.3 Å². The summed E-state index contributed by atoms with van der Waals surface area (Å²) in [6.45, 7) is 0.402. The van der Waals surface area contributed by atoms with Gasteiger partial charge in [-0.2, -0.15) is 0 Å². The van der Waals surface area contributed by atoms with Crippen molar-refractivity contribution in [2.75, 3.05) is 26.0 Å². The standard InChI is InChI=1S/C13H15ClN2O4S/c1-16-7-8-6-13(8,21(16,18)19)12(17)15-9-3-4-11(20-2)10(14)5-9/h3-5,8H,6-7H2,1-2H3,(H,15,17)/t8-,13+/m0/s1. The molecule has 2 aliphatic rings. The Morgan fingerprint density at radius 3 is 2.76 bits per heavy atom. The van der Waals surface area contributed by atoms with Gasteiger partial charge in [0.25, 0.3) is 0 Å². The first-order chi connectivity index (χ1) is 9.82. The predicted molar refractivity (Wildman–Crippen MR) is 79.0 cm³/mol. The van der Waals surface area contributed by atoms with Crippen molar-refractivity contribution in [3.8, 4) is 5.75 Å². The third-order valence-electron chi connectivity index (χ3n) is 4.19. The molecule has 1 aliphatic carbocycles. The summed E-state index contributed by atoms with van der Waals surface area (Å²) in [7, 11) is -0.575. The van der Waals surface area contributed by atoms with E-state index in [0.29, 0.717) is 29.4 Å². The largest absolute Gasteiger partial charge is 0.495 e. The van der Waals surface area contributed by atoms with E-state index in [9.17, 15) is 13.2 Å². The van der Waals surface area contributed by atoms with Gasteiger partial charge in [0.05, 0.1) is 12.1 Å². The molecule has 1 N–H and O–H groups in total. The van der Waals surface area contributed by atoms with Crippen molar-refractivity contribution in [3.63, 3.8) is 0 Å². The zero-order valence-electron chi connectivity index (χ0n) is 11.6. The third-order valence-corrected chi connectivity index (χ3v) is 7.06. The minimum Gasteiger partial charge on any atom is -0.495 e. The summed E-state index contributed by atoms with van der Waals surface area (Å²) in [6, 6.07) is 4.79. The van der Waals surface area contributed by atoms with Gasteiger partial charge in [0.15, 0.2) is 4.75 Å². The lowest BCUT2D eigenvalue weighted by Crippen LogP contribution is -2.40. The maximum absolute atomic E-state index is 12.4. The molecule has 8 heteroatoms. The van der Waals surface area contributed by atoms with Crippen molar-refractivity contribution in [2.45, 2.75) is 11.2 Å². The Morgan fingerprint density at radius 1 is 1.52 bits per heavy atom. The Balaban J connectivity index is 1.84. The van der Waals surface area contributed by atoms with Crippen molar-refractivity contribution < 1.29 is 17.9 Å². The average molecular weight is 331 g/mol. The van der Waals surface area contributed by atoms with Gasteiger partial charge in [0.1, 0.15) is 5.75 Å². The van der Waals surface area contributed by atoms with Crippen LogP contribution in [-0.2, 0) is 14.8 Å². The molecule has 21 heavy (non-hydrogen) atoms. The van der Waals surface area contributed by atoms with Gasteiger partial charge in [-0.25, -0.2) is 12.7 Å². The summed E-state index contributed by atoms with van der Waals surface area (Å²) in [5, 5.41) is 3.00. The fourth-order valence-electron chi connectivity index (χ4n) is 2.90. The van der Waals surface area contributed by atoms with Crippen LogP contribution in [0.15, 0.2) is 18.2 Å². The zero-order chi connectivity index (χ0) is 15.4. The van der Waals surface area contributed by atoms with Crippen molar-refractivity contribution >= 4 is 33.2 Å². The number of nitrogens with zero attached hydrogens (tertiary/aromatic N) is 1. The highest BCUT2D eigenvalue weighted by Gasteiger charge is 2.74. The number of hydrogen-bond donors (Lipinski definition) is 1. The zero-order valence-corrected chi connectivity index (χ0v) is 13.2. The van der Waals surface area contributed by atoms with Crippen molar-refractivity contribution in [1.29, 1.82) is 0 Å². The Bertz CT molecular complexity index is 721. The minimum atomic E-state index is -3.57. The molecular weight excluding hydrogens is 316 g/mol. The molecule has 114 valence electrons. The van der Waals surface area contributed by atoms with Crippen molar-refractivity contribution in [1.82, 2.24) is 4.31 Å². The fraction of sp³-hybridized carbons (Fsp3) is 0.462. The summed E-state index contributed by atoms with van der Waals surface area (Å²) in [5.41, 5.74) is 0.454. The van der Waals surface area contributed by atoms with Crippen molar-refractivity contribution in [3.05, 3.63) is 23.2 Å². The van der Waals surface area contributed by atoms with Crippen LogP contribution in [0.1, 0.15) is 6.42 Å². The van der Waals surface area contributed by atoms with Gasteiger partial charge in [-0.15, -0.1) is 0 Å². The molecule has 0 radical (unpaired) electrons. The van der Waals surface area contributed by atoms with E-state index in [1.807, 2.05) is 0 Å². The van der Waals surface area contributed by atoms with Gasteiger partial charge in [-0.05, 0) is 24.6 Å². The fourth-order valence-corrected chi connectivity index (χ4v) is 5.28. The van der Waals surface area contributed by atoms with Crippen LogP contribution in [0.2, 0.25) is 5.02 Å². The molecule has 1 aromatic rings. The Morgan fingerprint density at radius 2 is 2.24 bits per heavy atom. The summed E-state index contributed by atoms with van der Waals surface area (Å²) in [5.74, 6) is -0.121. The number of ether oxygens (including phenoxy) is 1. The molecule has 6 nitrogen and oxygen atoms in total. The van der Waals surface area contributed by atoms with E-state index in [1.165, 1.54) is 24.5 Å². The van der Waals surface area contributed by atoms with Gasteiger partial charge in [0, 0.05) is 25.2 Å². The van der Waals surface area contributed by atoms with Gasteiger partial charge >= 0.3 is 0 Å². The number of anilines is 1. The van der Waals surface area contributed by atoms with E-state index < -0.39 is 20.7 Å². The molecule has 1 aliphatic heterocycles. The molecular formula is C13H15ClN2O4S. The van der Waals surface area contributed by atoms with E-state index >= 15 is 0 Å². The molecule has 1 saturated carbocycles. The van der Waals surface area contributed by atoms with Crippen LogP contribution < -0.4 is 10.1 Å². The Labute approximate surface area is 128 Å². The van der Waals surface area contributed by atoms with Crippen LogP contribution in [0.5, 0.6) is 5.75 Å². The molecule has 1 saturated heterocycles. The Hall–Kier alpha value is -1.31. The minimum absolute atomic E-state index is 0.124. The normalized spacial score (nSPS) is 29.8. The number of halogens is 1. The second kappa shape index (κ2) is 4.59. The summed E-state index contributed by atoms with van der Waals surface area (Å²) in [6.07, 6.45) is 0.384. The second-order valence-corrected chi connectivity index (χ2v) is 8.09. The molecule has 2 atom stereocenters. The average Bonchev–Trinajstić information content (AvgIpc) is 3.10. The molecule has 3 rings (SSSR count).